The minimum absolute atomic E-state index is 0.223. The summed E-state index contributed by atoms with van der Waals surface area (Å²) >= 11 is 1.96. The molecule has 2 rings (SSSR count). The zero-order chi connectivity index (χ0) is 12.6. The van der Waals surface area contributed by atoms with Gasteiger partial charge < -0.3 is 0 Å². The Balaban J connectivity index is 2.63. The minimum Gasteiger partial charge on any atom is -0.251 e. The smallest absolute Gasteiger partial charge is 0.107 e. The van der Waals surface area contributed by atoms with Crippen LogP contribution >= 0.6 is 11.8 Å². The van der Waals surface area contributed by atoms with Crippen molar-refractivity contribution in [3.05, 3.63) is 28.3 Å². The summed E-state index contributed by atoms with van der Waals surface area (Å²) in [6, 6.07) is 2.14. The fourth-order valence-corrected chi connectivity index (χ4v) is 4.39. The number of aryl methyl sites for hydroxylation is 1. The van der Waals surface area contributed by atoms with Gasteiger partial charge >= 0.3 is 0 Å². The Kier molecular flexibility index (Phi) is 3.53. The minimum atomic E-state index is 0.223. The Morgan fingerprint density at radius 2 is 2.12 bits per heavy atom. The highest BCUT2D eigenvalue weighted by Gasteiger charge is 2.31. The SMILES string of the molecule is Cc1cc(COO)c(C)c2c1SCCC2(C)C. The van der Waals surface area contributed by atoms with Crippen molar-refractivity contribution in [3.63, 3.8) is 0 Å². The molecule has 1 aliphatic rings. The first kappa shape index (κ1) is 12.9. The van der Waals surface area contributed by atoms with E-state index >= 15 is 0 Å². The highest BCUT2D eigenvalue weighted by atomic mass is 32.2. The third-order valence-corrected chi connectivity index (χ3v) is 4.93. The van der Waals surface area contributed by atoms with Crippen LogP contribution in [0.5, 0.6) is 0 Å². The van der Waals surface area contributed by atoms with Crippen molar-refractivity contribution in [1.82, 2.24) is 0 Å². The van der Waals surface area contributed by atoms with E-state index in [2.05, 4.69) is 38.6 Å². The lowest BCUT2D eigenvalue weighted by Crippen LogP contribution is -2.25. The zero-order valence-corrected chi connectivity index (χ0v) is 11.8. The normalized spacial score (nSPS) is 17.9. The molecule has 0 amide bonds. The summed E-state index contributed by atoms with van der Waals surface area (Å²) in [6.07, 6.45) is 1.20. The van der Waals surface area contributed by atoms with E-state index in [1.807, 2.05) is 11.8 Å². The summed E-state index contributed by atoms with van der Waals surface area (Å²) in [5.41, 5.74) is 5.34. The molecule has 0 unspecified atom stereocenters. The topological polar surface area (TPSA) is 29.5 Å². The van der Waals surface area contributed by atoms with E-state index in [4.69, 9.17) is 5.26 Å². The number of hydrogen-bond acceptors (Lipinski definition) is 3. The van der Waals surface area contributed by atoms with E-state index in [-0.39, 0.29) is 12.0 Å². The van der Waals surface area contributed by atoms with E-state index in [1.165, 1.54) is 33.8 Å². The van der Waals surface area contributed by atoms with Crippen molar-refractivity contribution in [3.8, 4) is 0 Å². The summed E-state index contributed by atoms with van der Waals surface area (Å²) in [5, 5.41) is 8.66. The van der Waals surface area contributed by atoms with E-state index in [1.54, 1.807) is 0 Å². The fourth-order valence-electron chi connectivity index (χ4n) is 2.72. The van der Waals surface area contributed by atoms with E-state index < -0.39 is 0 Å². The number of rotatable bonds is 2. The van der Waals surface area contributed by atoms with Crippen LogP contribution < -0.4 is 0 Å². The Labute approximate surface area is 107 Å². The van der Waals surface area contributed by atoms with Crippen LogP contribution in [0.15, 0.2) is 11.0 Å². The number of fused-ring (bicyclic) bond motifs is 1. The molecule has 17 heavy (non-hydrogen) atoms. The van der Waals surface area contributed by atoms with Crippen LogP contribution in [0, 0.1) is 13.8 Å². The lowest BCUT2D eigenvalue weighted by Gasteiger charge is -2.35. The maximum Gasteiger partial charge on any atom is 0.107 e. The van der Waals surface area contributed by atoms with Crippen molar-refractivity contribution in [2.45, 2.75) is 51.0 Å². The van der Waals surface area contributed by atoms with Gasteiger partial charge in [0.2, 0.25) is 0 Å². The van der Waals surface area contributed by atoms with Gasteiger partial charge in [0.25, 0.3) is 0 Å². The molecule has 0 bridgehead atoms. The second-order valence-electron chi connectivity index (χ2n) is 5.44. The maximum atomic E-state index is 8.66. The maximum absolute atomic E-state index is 8.66. The first-order valence-electron chi connectivity index (χ1n) is 6.00. The van der Waals surface area contributed by atoms with E-state index in [0.29, 0.717) is 0 Å². The van der Waals surface area contributed by atoms with Crippen molar-refractivity contribution in [2.24, 2.45) is 0 Å². The number of thioether (sulfide) groups is 1. The molecule has 2 nitrogen and oxygen atoms in total. The lowest BCUT2D eigenvalue weighted by molar-refractivity contribution is -0.253. The summed E-state index contributed by atoms with van der Waals surface area (Å²) in [6.45, 7) is 9.18. The van der Waals surface area contributed by atoms with Crippen LogP contribution in [0.25, 0.3) is 0 Å². The molecule has 0 saturated carbocycles. The Hall–Kier alpha value is -0.510. The molecule has 0 spiro atoms. The number of hydrogen-bond donors (Lipinski definition) is 1. The molecule has 1 aromatic rings. The predicted octanol–water partition coefficient (Wildman–Crippen LogP) is 4.07. The highest BCUT2D eigenvalue weighted by Crippen LogP contribution is 2.45. The molecule has 0 aliphatic carbocycles. The van der Waals surface area contributed by atoms with Gasteiger partial charge in [0.1, 0.15) is 6.61 Å². The third kappa shape index (κ3) is 2.24. The standard InChI is InChI=1S/C14H20O2S/c1-9-7-11(8-16-15)10(2)12-13(9)17-6-5-14(12,3)4/h7,15H,5-6,8H2,1-4H3. The van der Waals surface area contributed by atoms with Crippen LogP contribution in [0.3, 0.4) is 0 Å². The van der Waals surface area contributed by atoms with Crippen LogP contribution in [-0.2, 0) is 16.9 Å². The molecule has 0 radical (unpaired) electrons. The van der Waals surface area contributed by atoms with Crippen molar-refractivity contribution in [2.75, 3.05) is 5.75 Å². The largest absolute Gasteiger partial charge is 0.251 e. The Morgan fingerprint density at radius 1 is 1.41 bits per heavy atom. The first-order chi connectivity index (χ1) is 7.97. The second kappa shape index (κ2) is 4.63. The molecular formula is C14H20O2S. The van der Waals surface area contributed by atoms with E-state index in [0.717, 1.165) is 5.56 Å². The summed E-state index contributed by atoms with van der Waals surface area (Å²) in [4.78, 5) is 5.75. The van der Waals surface area contributed by atoms with Crippen LogP contribution in [0.1, 0.15) is 42.5 Å². The molecule has 1 aromatic carbocycles. The molecule has 0 atom stereocenters. The van der Waals surface area contributed by atoms with Gasteiger partial charge in [-0.3, -0.25) is 5.26 Å². The molecule has 0 aromatic heterocycles. The van der Waals surface area contributed by atoms with E-state index in [9.17, 15) is 0 Å². The molecular weight excluding hydrogens is 232 g/mol. The van der Waals surface area contributed by atoms with Gasteiger partial charge in [0.05, 0.1) is 0 Å². The second-order valence-corrected chi connectivity index (χ2v) is 6.54. The molecule has 3 heteroatoms. The zero-order valence-electron chi connectivity index (χ0n) is 11.0. The molecule has 0 saturated heterocycles. The van der Waals surface area contributed by atoms with Crippen molar-refractivity contribution >= 4 is 11.8 Å². The van der Waals surface area contributed by atoms with Crippen molar-refractivity contribution in [1.29, 1.82) is 0 Å². The monoisotopic (exact) mass is 252 g/mol. The molecule has 0 fully saturated rings. The molecule has 1 N–H and O–H groups in total. The lowest BCUT2D eigenvalue weighted by atomic mass is 9.77. The highest BCUT2D eigenvalue weighted by molar-refractivity contribution is 7.99. The van der Waals surface area contributed by atoms with Gasteiger partial charge in [-0.15, -0.1) is 11.8 Å². The first-order valence-corrected chi connectivity index (χ1v) is 6.98. The average Bonchev–Trinajstić information content (AvgIpc) is 2.24. The van der Waals surface area contributed by atoms with Crippen LogP contribution in [-0.4, -0.2) is 11.0 Å². The predicted molar refractivity (Wildman–Crippen MR) is 71.7 cm³/mol. The van der Waals surface area contributed by atoms with Crippen LogP contribution in [0.2, 0.25) is 0 Å². The number of benzene rings is 1. The van der Waals surface area contributed by atoms with Gasteiger partial charge in [0, 0.05) is 4.90 Å². The summed E-state index contributed by atoms with van der Waals surface area (Å²) in [7, 11) is 0. The van der Waals surface area contributed by atoms with Crippen LogP contribution in [0.4, 0.5) is 0 Å². The average molecular weight is 252 g/mol. The van der Waals surface area contributed by atoms with Gasteiger partial charge in [0.15, 0.2) is 0 Å². The molecule has 1 aliphatic heterocycles. The quantitative estimate of drug-likeness (QED) is 0.635. The summed E-state index contributed by atoms with van der Waals surface area (Å²) in [5.74, 6) is 1.19. The Morgan fingerprint density at radius 3 is 2.76 bits per heavy atom. The molecule has 1 heterocycles. The van der Waals surface area contributed by atoms with Gasteiger partial charge in [-0.1, -0.05) is 19.9 Å². The van der Waals surface area contributed by atoms with Gasteiger partial charge in [-0.2, -0.15) is 0 Å². The molecule has 94 valence electrons. The van der Waals surface area contributed by atoms with Gasteiger partial charge in [-0.05, 0) is 53.7 Å². The Bertz CT molecular complexity index is 438. The third-order valence-electron chi connectivity index (χ3n) is 3.70. The fraction of sp³-hybridized carbons (Fsp3) is 0.571. The van der Waals surface area contributed by atoms with Gasteiger partial charge in [-0.25, -0.2) is 4.89 Å². The van der Waals surface area contributed by atoms with Crippen molar-refractivity contribution < 1.29 is 10.1 Å². The summed E-state index contributed by atoms with van der Waals surface area (Å²) < 4.78 is 0.